The smallest absolute Gasteiger partial charge is 0.189 e. The van der Waals surface area contributed by atoms with Crippen molar-refractivity contribution in [3.63, 3.8) is 0 Å². The predicted molar refractivity (Wildman–Crippen MR) is 49.0 cm³/mol. The molecule has 0 atom stereocenters. The van der Waals surface area contributed by atoms with Crippen LogP contribution in [0.15, 0.2) is 40.6 Å². The molecule has 0 unspecified atom stereocenters. The molecule has 0 bridgehead atoms. The van der Waals surface area contributed by atoms with E-state index in [-0.39, 0.29) is 5.84 Å². The van der Waals surface area contributed by atoms with Crippen molar-refractivity contribution in [2.24, 2.45) is 10.3 Å². The van der Waals surface area contributed by atoms with E-state index in [2.05, 4.69) is 15.7 Å². The van der Waals surface area contributed by atoms with E-state index in [9.17, 15) is 4.91 Å². The first-order valence-corrected chi connectivity index (χ1v) is 3.51. The molecule has 62 valence electrons. The van der Waals surface area contributed by atoms with E-state index in [1.807, 2.05) is 30.3 Å². The van der Waals surface area contributed by atoms with Crippen LogP contribution < -0.4 is 5.43 Å². The maximum absolute atomic E-state index is 9.91. The number of nitrogens with one attached hydrogen (secondary N) is 1. The van der Waals surface area contributed by atoms with Gasteiger partial charge in [-0.15, -0.1) is 4.91 Å². The minimum Gasteiger partial charge on any atom is -0.277 e. The largest absolute Gasteiger partial charge is 0.277 e. The third-order valence-corrected chi connectivity index (χ3v) is 1.25. The van der Waals surface area contributed by atoms with Crippen molar-refractivity contribution in [1.82, 2.24) is 0 Å². The number of nitroso groups, excluding NO2 is 1. The maximum Gasteiger partial charge on any atom is 0.189 e. The Morgan fingerprint density at radius 3 is 2.58 bits per heavy atom. The molecule has 1 rings (SSSR count). The van der Waals surface area contributed by atoms with Crippen LogP contribution in [-0.2, 0) is 0 Å². The van der Waals surface area contributed by atoms with Gasteiger partial charge in [-0.05, 0) is 17.3 Å². The maximum atomic E-state index is 9.91. The normalized spacial score (nSPS) is 10.9. The Morgan fingerprint density at radius 1 is 1.33 bits per heavy atom. The third-order valence-electron chi connectivity index (χ3n) is 1.25. The van der Waals surface area contributed by atoms with Crippen LogP contribution in [0.1, 0.15) is 6.92 Å². The van der Waals surface area contributed by atoms with Gasteiger partial charge in [0.25, 0.3) is 0 Å². The Bertz CT molecular complexity index is 282. The summed E-state index contributed by atoms with van der Waals surface area (Å²) in [5.41, 5.74) is 3.52. The number of nitrogens with zero attached hydrogens (tertiary/aromatic N) is 2. The van der Waals surface area contributed by atoms with Crippen molar-refractivity contribution < 1.29 is 0 Å². The van der Waals surface area contributed by atoms with E-state index in [1.165, 1.54) is 6.92 Å². The van der Waals surface area contributed by atoms with Crippen LogP contribution in [0.25, 0.3) is 0 Å². The van der Waals surface area contributed by atoms with Gasteiger partial charge in [0.15, 0.2) is 5.84 Å². The van der Waals surface area contributed by atoms with Crippen molar-refractivity contribution in [3.8, 4) is 0 Å². The first-order chi connectivity index (χ1) is 5.83. The van der Waals surface area contributed by atoms with Gasteiger partial charge in [0.1, 0.15) is 0 Å². The molecule has 12 heavy (non-hydrogen) atoms. The molecule has 1 aromatic rings. The van der Waals surface area contributed by atoms with E-state index >= 15 is 0 Å². The minimum absolute atomic E-state index is 0.179. The molecule has 4 heteroatoms. The van der Waals surface area contributed by atoms with Crippen molar-refractivity contribution in [2.45, 2.75) is 6.92 Å². The summed E-state index contributed by atoms with van der Waals surface area (Å²) in [6.07, 6.45) is 0. The van der Waals surface area contributed by atoms with Gasteiger partial charge >= 0.3 is 0 Å². The lowest BCUT2D eigenvalue weighted by molar-refractivity contribution is 1.30. The Balaban J connectivity index is 2.60. The zero-order valence-electron chi connectivity index (χ0n) is 6.69. The fourth-order valence-electron chi connectivity index (χ4n) is 0.679. The van der Waals surface area contributed by atoms with Gasteiger partial charge in [-0.3, -0.25) is 5.43 Å². The summed E-state index contributed by atoms with van der Waals surface area (Å²) in [5.74, 6) is 0.179. The Kier molecular flexibility index (Phi) is 2.95. The van der Waals surface area contributed by atoms with Crippen LogP contribution in [0, 0.1) is 4.91 Å². The highest BCUT2D eigenvalue weighted by Gasteiger charge is 1.87. The monoisotopic (exact) mass is 163 g/mol. The highest BCUT2D eigenvalue weighted by Crippen LogP contribution is 2.04. The number of hydrogen-bond donors (Lipinski definition) is 1. The number of hydrogen-bond acceptors (Lipinski definition) is 3. The van der Waals surface area contributed by atoms with Crippen molar-refractivity contribution in [2.75, 3.05) is 5.43 Å². The minimum atomic E-state index is 0.179. The van der Waals surface area contributed by atoms with Crippen LogP contribution in [0.3, 0.4) is 0 Å². The summed E-state index contributed by atoms with van der Waals surface area (Å²) < 4.78 is 0. The molecule has 4 nitrogen and oxygen atoms in total. The molecular weight excluding hydrogens is 154 g/mol. The quantitative estimate of drug-likeness (QED) is 0.314. The zero-order valence-corrected chi connectivity index (χ0v) is 6.69. The predicted octanol–water partition coefficient (Wildman–Crippen LogP) is 2.20. The highest BCUT2D eigenvalue weighted by molar-refractivity contribution is 5.80. The standard InChI is InChI=1S/C8H9N3O/c1-7(11-12)9-10-8-5-3-2-4-6-8/h2-6,10H,1H3. The van der Waals surface area contributed by atoms with Gasteiger partial charge in [0.05, 0.1) is 5.69 Å². The van der Waals surface area contributed by atoms with Gasteiger partial charge < -0.3 is 0 Å². The van der Waals surface area contributed by atoms with Crippen molar-refractivity contribution in [1.29, 1.82) is 0 Å². The van der Waals surface area contributed by atoms with Gasteiger partial charge in [-0.2, -0.15) is 5.10 Å². The van der Waals surface area contributed by atoms with Crippen molar-refractivity contribution in [3.05, 3.63) is 35.2 Å². The lowest BCUT2D eigenvalue weighted by Crippen LogP contribution is -1.92. The molecule has 0 radical (unpaired) electrons. The van der Waals surface area contributed by atoms with Gasteiger partial charge in [-0.25, -0.2) is 0 Å². The first kappa shape index (κ1) is 8.39. The summed E-state index contributed by atoms with van der Waals surface area (Å²) in [4.78, 5) is 9.91. The Morgan fingerprint density at radius 2 is 2.00 bits per heavy atom. The Labute approximate surface area is 70.3 Å². The first-order valence-electron chi connectivity index (χ1n) is 3.51. The summed E-state index contributed by atoms with van der Waals surface area (Å²) >= 11 is 0. The molecule has 0 aliphatic heterocycles. The number of para-hydroxylation sites is 1. The number of benzene rings is 1. The summed E-state index contributed by atoms with van der Waals surface area (Å²) in [5, 5.41) is 6.34. The SMILES string of the molecule is CC(N=O)=NNc1ccccc1. The molecule has 0 aromatic heterocycles. The van der Waals surface area contributed by atoms with Gasteiger partial charge in [0, 0.05) is 6.92 Å². The summed E-state index contributed by atoms with van der Waals surface area (Å²) in [7, 11) is 0. The molecule has 0 heterocycles. The molecule has 1 aromatic carbocycles. The van der Waals surface area contributed by atoms with Crippen LogP contribution in [0.5, 0.6) is 0 Å². The third kappa shape index (κ3) is 2.49. The molecule has 1 N–H and O–H groups in total. The molecule has 0 amide bonds. The molecule has 0 saturated heterocycles. The number of amidine groups is 1. The second-order valence-corrected chi connectivity index (χ2v) is 2.23. The summed E-state index contributed by atoms with van der Waals surface area (Å²) in [6, 6.07) is 9.35. The topological polar surface area (TPSA) is 53.8 Å². The van der Waals surface area contributed by atoms with Crippen LogP contribution in [-0.4, -0.2) is 5.84 Å². The number of anilines is 1. The molecule has 0 aliphatic carbocycles. The number of rotatable bonds is 2. The van der Waals surface area contributed by atoms with Crippen LogP contribution in [0.4, 0.5) is 5.69 Å². The second kappa shape index (κ2) is 4.23. The zero-order chi connectivity index (χ0) is 8.81. The van der Waals surface area contributed by atoms with E-state index in [0.717, 1.165) is 5.69 Å². The number of hydrazone groups is 1. The van der Waals surface area contributed by atoms with Crippen LogP contribution >= 0.6 is 0 Å². The Hall–Kier alpha value is -1.71. The second-order valence-electron chi connectivity index (χ2n) is 2.23. The van der Waals surface area contributed by atoms with E-state index in [4.69, 9.17) is 0 Å². The molecule has 0 aliphatic rings. The van der Waals surface area contributed by atoms with E-state index < -0.39 is 0 Å². The fourth-order valence-corrected chi connectivity index (χ4v) is 0.679. The average Bonchev–Trinajstić information content (AvgIpc) is 2.16. The van der Waals surface area contributed by atoms with Crippen molar-refractivity contribution >= 4 is 11.5 Å². The molecule has 0 saturated carbocycles. The molecule has 0 spiro atoms. The summed E-state index contributed by atoms with van der Waals surface area (Å²) in [6.45, 7) is 1.53. The van der Waals surface area contributed by atoms with Crippen LogP contribution in [0.2, 0.25) is 0 Å². The fraction of sp³-hybridized carbons (Fsp3) is 0.125. The lowest BCUT2D eigenvalue weighted by Gasteiger charge is -1.97. The van der Waals surface area contributed by atoms with Gasteiger partial charge in [-0.1, -0.05) is 18.2 Å². The molecule has 0 fully saturated rings. The lowest BCUT2D eigenvalue weighted by atomic mass is 10.3. The highest BCUT2D eigenvalue weighted by atomic mass is 16.3. The van der Waals surface area contributed by atoms with Gasteiger partial charge in [0.2, 0.25) is 0 Å². The molecular formula is C8H9N3O. The average molecular weight is 163 g/mol. The van der Waals surface area contributed by atoms with E-state index in [1.54, 1.807) is 0 Å². The van der Waals surface area contributed by atoms with E-state index in [0.29, 0.717) is 0 Å².